The SMILES string of the molecule is C=Cc1ccc(CCO[Si](C)(CC)OCC)cc1. The normalized spacial score (nSPS) is 14.2. The summed E-state index contributed by atoms with van der Waals surface area (Å²) < 4.78 is 11.7. The van der Waals surface area contributed by atoms with E-state index in [0.717, 1.165) is 31.2 Å². The molecule has 1 rings (SSSR count). The zero-order valence-electron chi connectivity index (χ0n) is 11.7. The molecule has 3 heteroatoms. The Morgan fingerprint density at radius 2 is 1.83 bits per heavy atom. The second-order valence-electron chi connectivity index (χ2n) is 4.46. The molecule has 0 aliphatic carbocycles. The van der Waals surface area contributed by atoms with Crippen molar-refractivity contribution >= 4 is 14.6 Å². The van der Waals surface area contributed by atoms with E-state index >= 15 is 0 Å². The van der Waals surface area contributed by atoms with Gasteiger partial charge in [0.05, 0.1) is 0 Å². The molecule has 18 heavy (non-hydrogen) atoms. The molecule has 0 N–H and O–H groups in total. The smallest absolute Gasteiger partial charge is 0.334 e. The summed E-state index contributed by atoms with van der Waals surface area (Å²) in [5, 5.41) is 0. The van der Waals surface area contributed by atoms with Crippen LogP contribution in [0.25, 0.3) is 6.08 Å². The van der Waals surface area contributed by atoms with Crippen LogP contribution in [0.3, 0.4) is 0 Å². The Balaban J connectivity index is 2.42. The lowest BCUT2D eigenvalue weighted by molar-refractivity contribution is 0.183. The molecule has 0 saturated carbocycles. The summed E-state index contributed by atoms with van der Waals surface area (Å²) in [7, 11) is -1.91. The zero-order chi connectivity index (χ0) is 13.4. The van der Waals surface area contributed by atoms with Gasteiger partial charge in [-0.2, -0.15) is 0 Å². The maximum Gasteiger partial charge on any atom is 0.334 e. The van der Waals surface area contributed by atoms with Crippen molar-refractivity contribution in [2.45, 2.75) is 32.9 Å². The molecule has 0 aliphatic rings. The number of benzene rings is 1. The van der Waals surface area contributed by atoms with Crippen LogP contribution in [-0.4, -0.2) is 21.8 Å². The van der Waals surface area contributed by atoms with Gasteiger partial charge in [0.2, 0.25) is 0 Å². The van der Waals surface area contributed by atoms with Crippen molar-refractivity contribution in [1.29, 1.82) is 0 Å². The maximum absolute atomic E-state index is 5.98. The Bertz CT molecular complexity index is 361. The predicted molar refractivity (Wildman–Crippen MR) is 79.9 cm³/mol. The molecule has 1 aromatic rings. The molecule has 2 nitrogen and oxygen atoms in total. The second kappa shape index (κ2) is 7.51. The van der Waals surface area contributed by atoms with Crippen molar-refractivity contribution in [3.8, 4) is 0 Å². The van der Waals surface area contributed by atoms with E-state index in [-0.39, 0.29) is 0 Å². The van der Waals surface area contributed by atoms with E-state index < -0.39 is 8.56 Å². The Morgan fingerprint density at radius 3 is 2.33 bits per heavy atom. The fraction of sp³-hybridized carbons (Fsp3) is 0.467. The molecule has 1 aromatic carbocycles. The summed E-state index contributed by atoms with van der Waals surface area (Å²) in [5.74, 6) is 0. The highest BCUT2D eigenvalue weighted by Gasteiger charge is 2.28. The van der Waals surface area contributed by atoms with Gasteiger partial charge in [0.25, 0.3) is 0 Å². The van der Waals surface area contributed by atoms with Gasteiger partial charge in [-0.1, -0.05) is 43.8 Å². The van der Waals surface area contributed by atoms with Crippen molar-refractivity contribution in [2.75, 3.05) is 13.2 Å². The zero-order valence-corrected chi connectivity index (χ0v) is 12.7. The van der Waals surface area contributed by atoms with Crippen LogP contribution < -0.4 is 0 Å². The summed E-state index contributed by atoms with van der Waals surface area (Å²) in [4.78, 5) is 0. The van der Waals surface area contributed by atoms with Crippen molar-refractivity contribution in [3.05, 3.63) is 42.0 Å². The first-order valence-electron chi connectivity index (χ1n) is 6.63. The van der Waals surface area contributed by atoms with E-state index in [1.165, 1.54) is 5.56 Å². The van der Waals surface area contributed by atoms with Crippen LogP contribution in [-0.2, 0) is 15.3 Å². The van der Waals surface area contributed by atoms with Gasteiger partial charge in [0, 0.05) is 13.2 Å². The Morgan fingerprint density at radius 1 is 1.17 bits per heavy atom. The van der Waals surface area contributed by atoms with E-state index in [1.807, 2.05) is 13.0 Å². The van der Waals surface area contributed by atoms with Gasteiger partial charge in [-0.15, -0.1) is 0 Å². The fourth-order valence-corrected chi connectivity index (χ4v) is 3.39. The first-order valence-corrected chi connectivity index (χ1v) is 9.15. The molecular weight excluding hydrogens is 240 g/mol. The van der Waals surface area contributed by atoms with Crippen LogP contribution in [0.2, 0.25) is 12.6 Å². The minimum Gasteiger partial charge on any atom is -0.395 e. The summed E-state index contributed by atoms with van der Waals surface area (Å²) in [5.41, 5.74) is 2.45. The van der Waals surface area contributed by atoms with Crippen LogP contribution in [0.15, 0.2) is 30.8 Å². The largest absolute Gasteiger partial charge is 0.395 e. The number of hydrogen-bond donors (Lipinski definition) is 0. The van der Waals surface area contributed by atoms with Gasteiger partial charge < -0.3 is 8.85 Å². The van der Waals surface area contributed by atoms with Gasteiger partial charge in [0.1, 0.15) is 0 Å². The highest BCUT2D eigenvalue weighted by molar-refractivity contribution is 6.65. The van der Waals surface area contributed by atoms with E-state index in [0.29, 0.717) is 0 Å². The summed E-state index contributed by atoms with van der Waals surface area (Å²) in [6.45, 7) is 11.5. The lowest BCUT2D eigenvalue weighted by Crippen LogP contribution is -2.38. The van der Waals surface area contributed by atoms with Crippen LogP contribution in [0.1, 0.15) is 25.0 Å². The third-order valence-electron chi connectivity index (χ3n) is 3.11. The van der Waals surface area contributed by atoms with Crippen molar-refractivity contribution in [3.63, 3.8) is 0 Å². The number of rotatable bonds is 8. The number of hydrogen-bond acceptors (Lipinski definition) is 2. The van der Waals surface area contributed by atoms with E-state index in [4.69, 9.17) is 8.85 Å². The minimum atomic E-state index is -1.91. The molecule has 0 radical (unpaired) electrons. The molecule has 0 aliphatic heterocycles. The predicted octanol–water partition coefficient (Wildman–Crippen LogP) is 4.02. The first kappa shape index (κ1) is 15.2. The maximum atomic E-state index is 5.98. The second-order valence-corrected chi connectivity index (χ2v) is 8.02. The monoisotopic (exact) mass is 264 g/mol. The van der Waals surface area contributed by atoms with E-state index in [2.05, 4.69) is 44.3 Å². The van der Waals surface area contributed by atoms with Gasteiger partial charge in [-0.05, 0) is 37.1 Å². The minimum absolute atomic E-state index is 0.740. The molecule has 0 bridgehead atoms. The average Bonchev–Trinajstić information content (AvgIpc) is 2.40. The standard InChI is InChI=1S/C15H24O2Si/c1-5-14-8-10-15(11-9-14)12-13-17-18(4,7-3)16-6-2/h5,8-11H,1,6-7,12-13H2,2-4H3. The lowest BCUT2D eigenvalue weighted by Gasteiger charge is -2.25. The van der Waals surface area contributed by atoms with Gasteiger partial charge >= 0.3 is 8.56 Å². The Kier molecular flexibility index (Phi) is 6.33. The average molecular weight is 264 g/mol. The van der Waals surface area contributed by atoms with Crippen LogP contribution in [0.4, 0.5) is 0 Å². The van der Waals surface area contributed by atoms with Gasteiger partial charge in [-0.3, -0.25) is 0 Å². The summed E-state index contributed by atoms with van der Waals surface area (Å²) in [6.07, 6.45) is 2.80. The molecule has 1 unspecified atom stereocenters. The lowest BCUT2D eigenvalue weighted by atomic mass is 10.1. The third-order valence-corrected chi connectivity index (χ3v) is 6.10. The van der Waals surface area contributed by atoms with Crippen LogP contribution in [0.5, 0.6) is 0 Å². The molecule has 100 valence electrons. The first-order chi connectivity index (χ1) is 8.63. The highest BCUT2D eigenvalue weighted by Crippen LogP contribution is 2.14. The molecule has 1 atom stereocenters. The van der Waals surface area contributed by atoms with Gasteiger partial charge in [0.15, 0.2) is 0 Å². The topological polar surface area (TPSA) is 18.5 Å². The van der Waals surface area contributed by atoms with Crippen molar-refractivity contribution < 1.29 is 8.85 Å². The van der Waals surface area contributed by atoms with E-state index in [1.54, 1.807) is 0 Å². The molecule has 0 spiro atoms. The molecule has 0 amide bonds. The van der Waals surface area contributed by atoms with E-state index in [9.17, 15) is 0 Å². The van der Waals surface area contributed by atoms with Crippen molar-refractivity contribution in [1.82, 2.24) is 0 Å². The van der Waals surface area contributed by atoms with Crippen molar-refractivity contribution in [2.24, 2.45) is 0 Å². The molecule has 0 aromatic heterocycles. The van der Waals surface area contributed by atoms with Crippen LogP contribution in [0, 0.1) is 0 Å². The highest BCUT2D eigenvalue weighted by atomic mass is 28.4. The molecule has 0 saturated heterocycles. The quantitative estimate of drug-likeness (QED) is 0.660. The summed E-state index contributed by atoms with van der Waals surface area (Å²) in [6, 6.07) is 9.43. The third kappa shape index (κ3) is 4.76. The Labute approximate surface area is 112 Å². The molecule has 0 heterocycles. The van der Waals surface area contributed by atoms with Gasteiger partial charge in [-0.25, -0.2) is 0 Å². The fourth-order valence-electron chi connectivity index (χ4n) is 1.76. The van der Waals surface area contributed by atoms with Crippen LogP contribution >= 0.6 is 0 Å². The molecular formula is C15H24O2Si. The summed E-state index contributed by atoms with van der Waals surface area (Å²) >= 11 is 0. The molecule has 0 fully saturated rings. The Hall–Kier alpha value is -0.903.